The Balaban J connectivity index is 1.49. The van der Waals surface area contributed by atoms with Crippen molar-refractivity contribution in [3.63, 3.8) is 0 Å². The Bertz CT molecular complexity index is 1710. The van der Waals surface area contributed by atoms with Crippen LogP contribution in [0.4, 0.5) is 5.82 Å². The van der Waals surface area contributed by atoms with Crippen molar-refractivity contribution in [3.8, 4) is 28.5 Å². The van der Waals surface area contributed by atoms with Gasteiger partial charge in [0.05, 0.1) is 17.7 Å². The largest absolute Gasteiger partial charge is 0.496 e. The summed E-state index contributed by atoms with van der Waals surface area (Å²) in [7, 11) is -2.25. The molecule has 0 saturated heterocycles. The third-order valence-corrected chi connectivity index (χ3v) is 7.36. The molecule has 0 spiro atoms. The zero-order chi connectivity index (χ0) is 26.0. The number of nitrogens with zero attached hydrogens (tertiary/aromatic N) is 3. The summed E-state index contributed by atoms with van der Waals surface area (Å²) < 4.78 is 40.0. The number of nitrogens with one attached hydrogen (secondary N) is 1. The van der Waals surface area contributed by atoms with Crippen molar-refractivity contribution in [1.29, 1.82) is 0 Å². The molecule has 0 radical (unpaired) electrons. The van der Waals surface area contributed by atoms with Crippen LogP contribution in [0, 0.1) is 13.8 Å². The molecule has 186 valence electrons. The van der Waals surface area contributed by atoms with Crippen molar-refractivity contribution in [1.82, 2.24) is 15.0 Å². The maximum absolute atomic E-state index is 12.9. The van der Waals surface area contributed by atoms with Gasteiger partial charge in [-0.15, -0.1) is 0 Å². The Morgan fingerprint density at radius 1 is 0.811 bits per heavy atom. The number of benzene rings is 3. The van der Waals surface area contributed by atoms with E-state index in [-0.39, 0.29) is 10.7 Å². The number of hydrogen-bond donors (Lipinski definition) is 1. The van der Waals surface area contributed by atoms with Crippen LogP contribution in [0.25, 0.3) is 22.0 Å². The van der Waals surface area contributed by atoms with Crippen LogP contribution in [0.15, 0.2) is 90.3 Å². The lowest BCUT2D eigenvalue weighted by molar-refractivity contribution is 0.410. The maximum Gasteiger partial charge on any atom is 0.263 e. The molecule has 1 N–H and O–H groups in total. The van der Waals surface area contributed by atoms with Crippen molar-refractivity contribution >= 4 is 26.6 Å². The molecule has 0 unspecified atom stereocenters. The van der Waals surface area contributed by atoms with Gasteiger partial charge in [0.1, 0.15) is 29.4 Å². The normalized spacial score (nSPS) is 11.3. The van der Waals surface area contributed by atoms with Crippen LogP contribution >= 0.6 is 0 Å². The molecule has 5 aromatic rings. The first-order chi connectivity index (χ1) is 17.8. The highest BCUT2D eigenvalue weighted by molar-refractivity contribution is 7.92. The summed E-state index contributed by atoms with van der Waals surface area (Å²) in [5, 5.41) is 1.50. The summed E-state index contributed by atoms with van der Waals surface area (Å²) in [6.07, 6.45) is 4.39. The number of fused-ring (bicyclic) bond motifs is 1. The van der Waals surface area contributed by atoms with E-state index in [9.17, 15) is 8.42 Å². The number of methoxy groups -OCH3 is 1. The van der Waals surface area contributed by atoms with Crippen molar-refractivity contribution in [2.45, 2.75) is 18.7 Å². The Hall–Kier alpha value is -4.50. The number of hydrogen-bond acceptors (Lipinski definition) is 7. The Morgan fingerprint density at radius 3 is 2.38 bits per heavy atom. The van der Waals surface area contributed by atoms with Gasteiger partial charge in [0.25, 0.3) is 10.0 Å². The zero-order valence-electron chi connectivity index (χ0n) is 20.5. The molecule has 2 heterocycles. The van der Waals surface area contributed by atoms with Gasteiger partial charge in [0.2, 0.25) is 0 Å². The van der Waals surface area contributed by atoms with Crippen molar-refractivity contribution < 1.29 is 17.9 Å². The highest BCUT2D eigenvalue weighted by Crippen LogP contribution is 2.37. The fourth-order valence-corrected chi connectivity index (χ4v) is 4.97. The number of aryl methyl sites for hydroxylation is 2. The van der Waals surface area contributed by atoms with Crippen LogP contribution in [-0.4, -0.2) is 30.5 Å². The van der Waals surface area contributed by atoms with E-state index < -0.39 is 10.0 Å². The van der Waals surface area contributed by atoms with E-state index in [1.165, 1.54) is 24.2 Å². The summed E-state index contributed by atoms with van der Waals surface area (Å²) in [5.41, 5.74) is 3.77. The molecule has 0 fully saturated rings. The summed E-state index contributed by atoms with van der Waals surface area (Å²) in [6.45, 7) is 4.10. The summed E-state index contributed by atoms with van der Waals surface area (Å²) in [5.74, 6) is 2.15. The lowest BCUT2D eigenvalue weighted by atomic mass is 10.0. The van der Waals surface area contributed by atoms with E-state index in [2.05, 4.69) is 26.6 Å². The highest BCUT2D eigenvalue weighted by Gasteiger charge is 2.18. The second-order valence-corrected chi connectivity index (χ2v) is 10.1. The molecule has 0 aliphatic carbocycles. The zero-order valence-corrected chi connectivity index (χ0v) is 21.3. The number of rotatable bonds is 7. The van der Waals surface area contributed by atoms with Crippen molar-refractivity contribution in [2.75, 3.05) is 11.8 Å². The first-order valence-electron chi connectivity index (χ1n) is 11.5. The molecular formula is C28H24N4O4S. The lowest BCUT2D eigenvalue weighted by Crippen LogP contribution is -2.13. The molecule has 2 aromatic heterocycles. The van der Waals surface area contributed by atoms with Crippen LogP contribution < -0.4 is 14.2 Å². The fourth-order valence-electron chi connectivity index (χ4n) is 3.93. The average molecular weight is 513 g/mol. The molecular weight excluding hydrogens is 488 g/mol. The molecule has 0 saturated carbocycles. The average Bonchev–Trinajstić information content (AvgIpc) is 2.90. The van der Waals surface area contributed by atoms with Gasteiger partial charge >= 0.3 is 0 Å². The molecule has 5 rings (SSSR count). The lowest BCUT2D eigenvalue weighted by Gasteiger charge is -2.14. The first-order valence-corrected chi connectivity index (χ1v) is 12.9. The number of sulfonamides is 1. The van der Waals surface area contributed by atoms with E-state index in [1.807, 2.05) is 43.3 Å². The van der Waals surface area contributed by atoms with Crippen molar-refractivity contribution in [2.24, 2.45) is 0 Å². The molecule has 0 bridgehead atoms. The van der Waals surface area contributed by atoms with E-state index in [0.29, 0.717) is 22.6 Å². The third-order valence-electron chi connectivity index (χ3n) is 6.01. The minimum atomic E-state index is -3.84. The van der Waals surface area contributed by atoms with Crippen LogP contribution in [0.3, 0.4) is 0 Å². The number of aromatic nitrogens is 3. The highest BCUT2D eigenvalue weighted by atomic mass is 32.2. The molecule has 37 heavy (non-hydrogen) atoms. The van der Waals surface area contributed by atoms with Gasteiger partial charge in [0.15, 0.2) is 0 Å². The number of anilines is 1. The quantitative estimate of drug-likeness (QED) is 0.289. The Labute approximate surface area is 215 Å². The standard InChI is InChI=1S/C28H24N4O4S/c1-18-4-5-21(14-19(18)2)36-22-6-8-25(26(16-22)35-3)28-24-9-7-23(15-20(24)10-13-30-28)37(33,34)32-27-11-12-29-17-31-27/h4-17H,1-3H3,(H,29,31,32). The van der Waals surface area contributed by atoms with Crippen molar-refractivity contribution in [3.05, 3.63) is 96.6 Å². The van der Waals surface area contributed by atoms with Crippen LogP contribution in [0.5, 0.6) is 17.2 Å². The molecule has 8 nitrogen and oxygen atoms in total. The molecule has 0 amide bonds. The van der Waals surface area contributed by atoms with E-state index in [1.54, 1.807) is 37.6 Å². The topological polar surface area (TPSA) is 103 Å². The number of pyridine rings is 1. The SMILES string of the molecule is COc1cc(Oc2ccc(C)c(C)c2)ccc1-c1nccc2cc(S(=O)(=O)Nc3ccncn3)ccc12. The fraction of sp³-hybridized carbons (Fsp3) is 0.107. The van der Waals surface area contributed by atoms with Crippen LogP contribution in [-0.2, 0) is 10.0 Å². The molecule has 3 aromatic carbocycles. The second-order valence-electron chi connectivity index (χ2n) is 8.45. The summed E-state index contributed by atoms with van der Waals surface area (Å²) in [6, 6.07) is 19.7. The Kier molecular flexibility index (Phi) is 6.45. The summed E-state index contributed by atoms with van der Waals surface area (Å²) >= 11 is 0. The van der Waals surface area contributed by atoms with Crippen LogP contribution in [0.1, 0.15) is 11.1 Å². The van der Waals surface area contributed by atoms with Gasteiger partial charge in [-0.3, -0.25) is 9.71 Å². The van der Waals surface area contributed by atoms with Gasteiger partial charge in [-0.25, -0.2) is 18.4 Å². The van der Waals surface area contributed by atoms with Gasteiger partial charge in [-0.05, 0) is 78.9 Å². The van der Waals surface area contributed by atoms with E-state index in [4.69, 9.17) is 9.47 Å². The molecule has 0 aliphatic rings. The van der Waals surface area contributed by atoms with Crippen LogP contribution in [0.2, 0.25) is 0 Å². The smallest absolute Gasteiger partial charge is 0.263 e. The van der Waals surface area contributed by atoms with Gasteiger partial charge in [-0.2, -0.15) is 0 Å². The minimum absolute atomic E-state index is 0.111. The first kappa shape index (κ1) is 24.2. The van der Waals surface area contributed by atoms with Gasteiger partial charge in [0, 0.05) is 29.4 Å². The number of ether oxygens (including phenoxy) is 2. The van der Waals surface area contributed by atoms with E-state index in [0.717, 1.165) is 22.3 Å². The molecule has 9 heteroatoms. The molecule has 0 aliphatic heterocycles. The van der Waals surface area contributed by atoms with Gasteiger partial charge < -0.3 is 9.47 Å². The predicted molar refractivity (Wildman–Crippen MR) is 143 cm³/mol. The molecule has 0 atom stereocenters. The predicted octanol–water partition coefficient (Wildman–Crippen LogP) is 5.91. The summed E-state index contributed by atoms with van der Waals surface area (Å²) in [4.78, 5) is 12.4. The van der Waals surface area contributed by atoms with E-state index >= 15 is 0 Å². The van der Waals surface area contributed by atoms with Gasteiger partial charge in [-0.1, -0.05) is 12.1 Å². The minimum Gasteiger partial charge on any atom is -0.496 e. The second kappa shape index (κ2) is 9.87. The third kappa shape index (κ3) is 5.07. The monoisotopic (exact) mass is 512 g/mol. The Morgan fingerprint density at radius 2 is 1.62 bits per heavy atom. The maximum atomic E-state index is 12.9.